The van der Waals surface area contributed by atoms with Crippen LogP contribution in [-0.2, 0) is 26.1 Å². The summed E-state index contributed by atoms with van der Waals surface area (Å²) in [5.74, 6) is -1.24. The van der Waals surface area contributed by atoms with E-state index in [0.29, 0.717) is 12.1 Å². The Kier molecular flexibility index (Phi) is 7.26. The maximum atomic E-state index is 13.2. The second-order valence-corrected chi connectivity index (χ2v) is 10.3. The Morgan fingerprint density at radius 1 is 1.18 bits per heavy atom. The van der Waals surface area contributed by atoms with Gasteiger partial charge in [0.1, 0.15) is 6.04 Å². The zero-order chi connectivity index (χ0) is 24.5. The van der Waals surface area contributed by atoms with E-state index in [-0.39, 0.29) is 23.6 Å². The number of allylic oxidation sites excluding steroid dienone is 1. The number of sulfonamides is 1. The number of aryl methyl sites for hydroxylation is 3. The number of rotatable bonds is 8. The summed E-state index contributed by atoms with van der Waals surface area (Å²) in [5.41, 5.74) is 3.80. The van der Waals surface area contributed by atoms with Crippen LogP contribution in [0.3, 0.4) is 0 Å². The lowest BCUT2D eigenvalue weighted by atomic mass is 10.1. The first-order chi connectivity index (χ1) is 15.5. The number of ether oxygens (including phenoxy) is 1. The van der Waals surface area contributed by atoms with Gasteiger partial charge in [0.2, 0.25) is 15.8 Å². The van der Waals surface area contributed by atoms with Gasteiger partial charge < -0.3 is 14.4 Å². The van der Waals surface area contributed by atoms with Gasteiger partial charge in [-0.3, -0.25) is 9.59 Å². The van der Waals surface area contributed by atoms with Crippen molar-refractivity contribution in [3.8, 4) is 0 Å². The number of aliphatic hydroxyl groups is 1. The maximum Gasteiger partial charge on any atom is 0.325 e. The molecule has 0 saturated carbocycles. The molecule has 178 valence electrons. The first-order valence-corrected chi connectivity index (χ1v) is 12.2. The number of carbonyl (C=O) groups excluding carboxylic acids is 2. The summed E-state index contributed by atoms with van der Waals surface area (Å²) in [6.45, 7) is 10.9. The minimum absolute atomic E-state index is 0.0447. The average molecular weight is 475 g/mol. The zero-order valence-corrected chi connectivity index (χ0v) is 20.2. The van der Waals surface area contributed by atoms with Crippen molar-refractivity contribution in [3.63, 3.8) is 0 Å². The van der Waals surface area contributed by atoms with E-state index in [1.165, 1.54) is 6.07 Å². The van der Waals surface area contributed by atoms with Crippen LogP contribution in [0, 0.1) is 27.7 Å². The first kappa shape index (κ1) is 24.9. The lowest BCUT2D eigenvalue weighted by molar-refractivity contribution is -0.146. The van der Waals surface area contributed by atoms with Gasteiger partial charge in [-0.05, 0) is 57.0 Å². The van der Waals surface area contributed by atoms with E-state index in [2.05, 4.69) is 6.58 Å². The minimum Gasteiger partial charge on any atom is -0.456 e. The van der Waals surface area contributed by atoms with Crippen molar-refractivity contribution in [2.24, 2.45) is 0 Å². The van der Waals surface area contributed by atoms with Gasteiger partial charge in [-0.15, -0.1) is 6.58 Å². The maximum absolute atomic E-state index is 13.2. The Hall–Kier alpha value is -2.75. The highest BCUT2D eigenvalue weighted by atomic mass is 32.2. The van der Waals surface area contributed by atoms with Crippen LogP contribution in [0.25, 0.3) is 0 Å². The molecule has 1 aromatic carbocycles. The predicted molar refractivity (Wildman–Crippen MR) is 124 cm³/mol. The molecule has 2 heterocycles. The highest BCUT2D eigenvalue weighted by Crippen LogP contribution is 2.28. The van der Waals surface area contributed by atoms with E-state index >= 15 is 0 Å². The van der Waals surface area contributed by atoms with Gasteiger partial charge in [0.05, 0.1) is 11.0 Å². The van der Waals surface area contributed by atoms with Crippen LogP contribution in [0.1, 0.15) is 39.3 Å². The van der Waals surface area contributed by atoms with Gasteiger partial charge in [0, 0.05) is 36.5 Å². The summed E-state index contributed by atoms with van der Waals surface area (Å²) in [7, 11) is -4.04. The summed E-state index contributed by atoms with van der Waals surface area (Å²) < 4.78 is 34.5. The number of nitrogens with zero attached hydrogens (tertiary/aromatic N) is 2. The van der Waals surface area contributed by atoms with Crippen LogP contribution in [0.4, 0.5) is 0 Å². The number of esters is 1. The van der Waals surface area contributed by atoms with Crippen LogP contribution in [0.5, 0.6) is 0 Å². The summed E-state index contributed by atoms with van der Waals surface area (Å²) in [5, 5.41) is 10.1. The van der Waals surface area contributed by atoms with E-state index in [9.17, 15) is 23.1 Å². The van der Waals surface area contributed by atoms with Crippen molar-refractivity contribution in [2.75, 3.05) is 13.2 Å². The lowest BCUT2D eigenvalue weighted by Gasteiger charge is -2.22. The molecule has 2 unspecified atom stereocenters. The molecule has 33 heavy (non-hydrogen) atoms. The third kappa shape index (κ3) is 4.95. The number of benzene rings is 1. The Morgan fingerprint density at radius 2 is 1.88 bits per heavy atom. The number of aliphatic hydroxyl groups excluding tert-OH is 1. The number of hydrogen-bond donors (Lipinski definition) is 1. The number of aromatic nitrogens is 1. The number of β-amino-alcohol motifs (C(OH)–C–C–N with tert-alkyl or cyclic N) is 1. The van der Waals surface area contributed by atoms with Gasteiger partial charge in [-0.25, -0.2) is 8.42 Å². The molecule has 1 aliphatic rings. The fourth-order valence-electron chi connectivity index (χ4n) is 4.08. The van der Waals surface area contributed by atoms with Gasteiger partial charge >= 0.3 is 5.97 Å². The number of carbonyl (C=O) groups is 2. The van der Waals surface area contributed by atoms with Crippen molar-refractivity contribution in [3.05, 3.63) is 65.0 Å². The second kappa shape index (κ2) is 9.62. The predicted octanol–water partition coefficient (Wildman–Crippen LogP) is 2.46. The third-order valence-corrected chi connectivity index (χ3v) is 7.99. The topological polar surface area (TPSA) is 106 Å². The molecule has 1 fully saturated rings. The van der Waals surface area contributed by atoms with E-state index in [4.69, 9.17) is 4.74 Å². The zero-order valence-electron chi connectivity index (χ0n) is 19.4. The smallest absolute Gasteiger partial charge is 0.325 e. The summed E-state index contributed by atoms with van der Waals surface area (Å²) in [6.07, 6.45) is 0.632. The van der Waals surface area contributed by atoms with E-state index in [0.717, 1.165) is 26.8 Å². The molecule has 3 rings (SSSR count). The normalized spacial score (nSPS) is 18.9. The monoisotopic (exact) mass is 474 g/mol. The molecule has 2 atom stereocenters. The van der Waals surface area contributed by atoms with Crippen molar-refractivity contribution < 1.29 is 27.9 Å². The van der Waals surface area contributed by atoms with E-state index in [1.54, 1.807) is 38.1 Å². The molecule has 0 bridgehead atoms. The van der Waals surface area contributed by atoms with Gasteiger partial charge in [0.25, 0.3) is 0 Å². The van der Waals surface area contributed by atoms with Crippen molar-refractivity contribution in [2.45, 2.75) is 57.7 Å². The Balaban J connectivity index is 1.76. The molecular formula is C24H30N2O6S. The van der Waals surface area contributed by atoms with Crippen molar-refractivity contribution in [1.29, 1.82) is 0 Å². The Labute approximate surface area is 194 Å². The molecule has 0 aliphatic carbocycles. The lowest BCUT2D eigenvalue weighted by Crippen LogP contribution is -2.42. The van der Waals surface area contributed by atoms with Gasteiger partial charge in [-0.1, -0.05) is 12.1 Å². The fourth-order valence-corrected chi connectivity index (χ4v) is 5.79. The Bertz CT molecular complexity index is 1200. The second-order valence-electron chi connectivity index (χ2n) is 8.44. The van der Waals surface area contributed by atoms with Crippen molar-refractivity contribution >= 4 is 21.8 Å². The molecular weight excluding hydrogens is 444 g/mol. The highest BCUT2D eigenvalue weighted by molar-refractivity contribution is 7.89. The first-order valence-electron chi connectivity index (χ1n) is 10.7. The van der Waals surface area contributed by atoms with Crippen LogP contribution in [-0.4, -0.2) is 59.4 Å². The summed E-state index contributed by atoms with van der Waals surface area (Å²) in [4.78, 5) is 25.5. The quantitative estimate of drug-likeness (QED) is 0.358. The Morgan fingerprint density at radius 3 is 2.52 bits per heavy atom. The molecule has 1 N–H and O–H groups in total. The molecule has 1 aromatic heterocycles. The third-order valence-electron chi connectivity index (χ3n) is 6.12. The average Bonchev–Trinajstić information content (AvgIpc) is 3.29. The van der Waals surface area contributed by atoms with E-state index in [1.807, 2.05) is 18.4 Å². The van der Waals surface area contributed by atoms with Crippen molar-refractivity contribution in [1.82, 2.24) is 8.87 Å². The number of ketones is 1. The van der Waals surface area contributed by atoms with Gasteiger partial charge in [0.15, 0.2) is 6.61 Å². The summed E-state index contributed by atoms with van der Waals surface area (Å²) >= 11 is 0. The minimum atomic E-state index is -4.04. The molecule has 2 aromatic rings. The van der Waals surface area contributed by atoms with Gasteiger partial charge in [-0.2, -0.15) is 4.31 Å². The molecule has 1 saturated heterocycles. The highest BCUT2D eigenvalue weighted by Gasteiger charge is 2.44. The SMILES string of the molecule is C=CCn1c(C)cc(C(=O)COC(=O)C2CC(O)CN2S(=O)(=O)c2ccc(C)c(C)c2)c1C. The van der Waals surface area contributed by atoms with Crippen LogP contribution < -0.4 is 0 Å². The standard InChI is InChI=1S/C24H30N2O6S/c1-6-9-25-17(4)11-21(18(25)5)23(28)14-32-24(29)22-12-19(27)13-26(22)33(30,31)20-8-7-15(2)16(3)10-20/h6-8,10-11,19,22,27H,1,9,12-14H2,2-5H3. The molecule has 1 aliphatic heterocycles. The molecule has 0 radical (unpaired) electrons. The summed E-state index contributed by atoms with van der Waals surface area (Å²) in [6, 6.07) is 5.25. The number of hydrogen-bond acceptors (Lipinski definition) is 6. The van der Waals surface area contributed by atoms with Crippen LogP contribution in [0.15, 0.2) is 41.8 Å². The molecule has 9 heteroatoms. The van der Waals surface area contributed by atoms with E-state index < -0.39 is 34.7 Å². The fraction of sp³-hybridized carbons (Fsp3) is 0.417. The van der Waals surface area contributed by atoms with Crippen LogP contribution >= 0.6 is 0 Å². The number of Topliss-reactive ketones (excluding diaryl/α,β-unsaturated/α-hetero) is 1. The van der Waals surface area contributed by atoms with Crippen LogP contribution in [0.2, 0.25) is 0 Å². The largest absolute Gasteiger partial charge is 0.456 e. The molecule has 0 amide bonds. The molecule has 8 nitrogen and oxygen atoms in total. The molecule has 0 spiro atoms.